The van der Waals surface area contributed by atoms with E-state index in [-0.39, 0.29) is 6.42 Å². The average Bonchev–Trinajstić information content (AvgIpc) is 2.85. The number of hydrogen-bond acceptors (Lipinski definition) is 3. The normalized spacial score (nSPS) is 17.1. The topological polar surface area (TPSA) is 63.3 Å². The maximum atomic E-state index is 10.4. The van der Waals surface area contributed by atoms with Crippen molar-refractivity contribution < 1.29 is 14.3 Å². The minimum Gasteiger partial charge on any atom is -0.481 e. The van der Waals surface area contributed by atoms with Gasteiger partial charge in [0.05, 0.1) is 12.1 Å². The number of hydrogen-bond donors (Lipinski definition) is 1. The van der Waals surface area contributed by atoms with Crippen LogP contribution in [-0.2, 0) is 11.2 Å². The van der Waals surface area contributed by atoms with Crippen LogP contribution >= 0.6 is 0 Å². The highest BCUT2D eigenvalue weighted by Gasteiger charge is 2.21. The summed E-state index contributed by atoms with van der Waals surface area (Å²) < 4.78 is 5.38. The molecule has 0 unspecified atom stereocenters. The summed E-state index contributed by atoms with van der Waals surface area (Å²) in [5.74, 6) is 0.469. The maximum absolute atomic E-state index is 10.4. The SMILES string of the molecule is O=C(O)CCc1coc(C2CCCC2)n1. The Kier molecular flexibility index (Phi) is 3.04. The number of carboxylic acids is 1. The number of rotatable bonds is 4. The molecule has 0 atom stereocenters. The molecule has 0 amide bonds. The summed E-state index contributed by atoms with van der Waals surface area (Å²) in [5, 5.41) is 8.53. The van der Waals surface area contributed by atoms with Crippen molar-refractivity contribution in [2.45, 2.75) is 44.4 Å². The van der Waals surface area contributed by atoms with Crippen LogP contribution in [0.2, 0.25) is 0 Å². The van der Waals surface area contributed by atoms with E-state index in [0.717, 1.165) is 24.4 Å². The van der Waals surface area contributed by atoms with Crippen LogP contribution in [0.15, 0.2) is 10.7 Å². The third kappa shape index (κ3) is 2.58. The molecule has 1 aromatic rings. The number of nitrogens with zero attached hydrogens (tertiary/aromatic N) is 1. The molecule has 15 heavy (non-hydrogen) atoms. The molecule has 0 radical (unpaired) electrons. The van der Waals surface area contributed by atoms with Crippen molar-refractivity contribution in [2.24, 2.45) is 0 Å². The first-order valence-electron chi connectivity index (χ1n) is 5.42. The van der Waals surface area contributed by atoms with E-state index >= 15 is 0 Å². The molecular formula is C11H15NO3. The molecule has 4 nitrogen and oxygen atoms in total. The lowest BCUT2D eigenvalue weighted by Crippen LogP contribution is -1.98. The van der Waals surface area contributed by atoms with Gasteiger partial charge in [-0.15, -0.1) is 0 Å². The fourth-order valence-electron chi connectivity index (χ4n) is 2.03. The zero-order valence-electron chi connectivity index (χ0n) is 8.61. The van der Waals surface area contributed by atoms with Gasteiger partial charge in [-0.2, -0.15) is 0 Å². The second kappa shape index (κ2) is 4.47. The average molecular weight is 209 g/mol. The zero-order valence-corrected chi connectivity index (χ0v) is 8.61. The summed E-state index contributed by atoms with van der Waals surface area (Å²) in [7, 11) is 0. The molecule has 0 aliphatic heterocycles. The predicted octanol–water partition coefficient (Wildman–Crippen LogP) is 2.35. The molecule has 4 heteroatoms. The van der Waals surface area contributed by atoms with E-state index in [1.807, 2.05) is 0 Å². The molecule has 1 fully saturated rings. The van der Waals surface area contributed by atoms with Gasteiger partial charge in [-0.1, -0.05) is 12.8 Å². The van der Waals surface area contributed by atoms with Gasteiger partial charge in [0.2, 0.25) is 0 Å². The van der Waals surface area contributed by atoms with Crippen molar-refractivity contribution >= 4 is 5.97 Å². The number of aromatic nitrogens is 1. The zero-order chi connectivity index (χ0) is 10.7. The number of oxazole rings is 1. The second-order valence-corrected chi connectivity index (χ2v) is 4.05. The number of aliphatic carboxylic acids is 1. The Morgan fingerprint density at radius 2 is 2.27 bits per heavy atom. The van der Waals surface area contributed by atoms with E-state index in [1.165, 1.54) is 12.8 Å². The minimum absolute atomic E-state index is 0.122. The molecule has 2 rings (SSSR count). The first-order chi connectivity index (χ1) is 7.25. The summed E-state index contributed by atoms with van der Waals surface area (Å²) in [6, 6.07) is 0. The third-order valence-electron chi connectivity index (χ3n) is 2.87. The molecule has 0 spiro atoms. The van der Waals surface area contributed by atoms with E-state index in [9.17, 15) is 4.79 Å². The van der Waals surface area contributed by atoms with Crippen molar-refractivity contribution in [3.05, 3.63) is 17.8 Å². The molecule has 1 saturated carbocycles. The van der Waals surface area contributed by atoms with Gasteiger partial charge in [0.15, 0.2) is 5.89 Å². The third-order valence-corrected chi connectivity index (χ3v) is 2.87. The highest BCUT2D eigenvalue weighted by Crippen LogP contribution is 2.33. The minimum atomic E-state index is -0.791. The molecule has 1 aliphatic carbocycles. The van der Waals surface area contributed by atoms with Crippen LogP contribution in [0.4, 0.5) is 0 Å². The van der Waals surface area contributed by atoms with E-state index in [4.69, 9.17) is 9.52 Å². The Morgan fingerprint density at radius 1 is 1.53 bits per heavy atom. The Labute approximate surface area is 88.3 Å². The summed E-state index contributed by atoms with van der Waals surface area (Å²) in [6.07, 6.45) is 6.98. The first-order valence-corrected chi connectivity index (χ1v) is 5.42. The quantitative estimate of drug-likeness (QED) is 0.826. The summed E-state index contributed by atoms with van der Waals surface area (Å²) in [6.45, 7) is 0. The fourth-order valence-corrected chi connectivity index (χ4v) is 2.03. The van der Waals surface area contributed by atoms with Crippen LogP contribution in [0.5, 0.6) is 0 Å². The van der Waals surface area contributed by atoms with Gasteiger partial charge >= 0.3 is 5.97 Å². The van der Waals surface area contributed by atoms with Gasteiger partial charge in [0, 0.05) is 12.3 Å². The maximum Gasteiger partial charge on any atom is 0.303 e. The molecular weight excluding hydrogens is 194 g/mol. The molecule has 82 valence electrons. The van der Waals surface area contributed by atoms with Gasteiger partial charge in [-0.25, -0.2) is 4.98 Å². The largest absolute Gasteiger partial charge is 0.481 e. The lowest BCUT2D eigenvalue weighted by Gasteiger charge is -2.00. The van der Waals surface area contributed by atoms with Gasteiger partial charge in [0.25, 0.3) is 0 Å². The van der Waals surface area contributed by atoms with Crippen molar-refractivity contribution in [3.8, 4) is 0 Å². The van der Waals surface area contributed by atoms with Gasteiger partial charge in [-0.3, -0.25) is 4.79 Å². The molecule has 0 saturated heterocycles. The second-order valence-electron chi connectivity index (χ2n) is 4.05. The van der Waals surface area contributed by atoms with Crippen LogP contribution in [0.25, 0.3) is 0 Å². The standard InChI is InChI=1S/C11H15NO3/c13-10(14)6-5-9-7-15-11(12-9)8-3-1-2-4-8/h7-8H,1-6H2,(H,13,14). The van der Waals surface area contributed by atoms with Crippen LogP contribution < -0.4 is 0 Å². The van der Waals surface area contributed by atoms with E-state index in [1.54, 1.807) is 6.26 Å². The lowest BCUT2D eigenvalue weighted by atomic mass is 10.1. The van der Waals surface area contributed by atoms with Crippen molar-refractivity contribution in [1.82, 2.24) is 4.98 Å². The summed E-state index contributed by atoms with van der Waals surface area (Å²) >= 11 is 0. The van der Waals surface area contributed by atoms with Crippen LogP contribution in [-0.4, -0.2) is 16.1 Å². The Balaban J connectivity index is 1.94. The van der Waals surface area contributed by atoms with Gasteiger partial charge < -0.3 is 9.52 Å². The lowest BCUT2D eigenvalue weighted by molar-refractivity contribution is -0.136. The van der Waals surface area contributed by atoms with Crippen molar-refractivity contribution in [3.63, 3.8) is 0 Å². The van der Waals surface area contributed by atoms with E-state index in [0.29, 0.717) is 12.3 Å². The Bertz CT molecular complexity index is 339. The molecule has 1 heterocycles. The molecule has 1 N–H and O–H groups in total. The van der Waals surface area contributed by atoms with Crippen LogP contribution in [0.3, 0.4) is 0 Å². The molecule has 0 aromatic carbocycles. The smallest absolute Gasteiger partial charge is 0.303 e. The van der Waals surface area contributed by atoms with E-state index < -0.39 is 5.97 Å². The Hall–Kier alpha value is -1.32. The van der Waals surface area contributed by atoms with Crippen LogP contribution in [0.1, 0.15) is 49.6 Å². The monoisotopic (exact) mass is 209 g/mol. The first kappa shape index (κ1) is 10.2. The predicted molar refractivity (Wildman–Crippen MR) is 53.7 cm³/mol. The summed E-state index contributed by atoms with van der Waals surface area (Å²) in [5.41, 5.74) is 0.763. The van der Waals surface area contributed by atoms with Gasteiger partial charge in [-0.05, 0) is 12.8 Å². The van der Waals surface area contributed by atoms with Crippen LogP contribution in [0, 0.1) is 0 Å². The van der Waals surface area contributed by atoms with Crippen molar-refractivity contribution in [2.75, 3.05) is 0 Å². The highest BCUT2D eigenvalue weighted by atomic mass is 16.4. The molecule has 1 aliphatic rings. The fraction of sp³-hybridized carbons (Fsp3) is 0.636. The van der Waals surface area contributed by atoms with E-state index in [2.05, 4.69) is 4.98 Å². The summed E-state index contributed by atoms with van der Waals surface area (Å²) in [4.78, 5) is 14.7. The molecule has 1 aromatic heterocycles. The van der Waals surface area contributed by atoms with Gasteiger partial charge in [0.1, 0.15) is 6.26 Å². The van der Waals surface area contributed by atoms with Crippen molar-refractivity contribution in [1.29, 1.82) is 0 Å². The number of aryl methyl sites for hydroxylation is 1. The molecule has 0 bridgehead atoms. The number of carbonyl (C=O) groups is 1. The number of carboxylic acid groups (broad SMARTS) is 1. The highest BCUT2D eigenvalue weighted by molar-refractivity contribution is 5.66. The Morgan fingerprint density at radius 3 is 2.93 bits per heavy atom.